The molecular weight excluding hydrogens is 308 g/mol. The number of para-hydroxylation sites is 3. The Morgan fingerprint density at radius 3 is 2.45 bits per heavy atom. The third-order valence-corrected chi connectivity index (χ3v) is 3.94. The van der Waals surface area contributed by atoms with Crippen LogP contribution >= 0.6 is 0 Å². The topological polar surface area (TPSA) is 77.1 Å². The molecule has 0 unspecified atom stereocenters. The minimum Gasteiger partial charge on any atom is -0.494 e. The first-order chi connectivity index (χ1) is 10.6. The summed E-state index contributed by atoms with van der Waals surface area (Å²) < 4.78 is 38.2. The maximum Gasteiger partial charge on any atom is 0.421 e. The summed E-state index contributed by atoms with van der Waals surface area (Å²) in [5.41, 5.74) is 2.34. The quantitative estimate of drug-likeness (QED) is 0.927. The van der Waals surface area contributed by atoms with E-state index in [4.69, 9.17) is 9.02 Å². The van der Waals surface area contributed by atoms with E-state index in [0.717, 1.165) is 7.11 Å². The molecule has 7 nitrogen and oxygen atoms in total. The molecule has 2 aromatic carbocycles. The zero-order valence-corrected chi connectivity index (χ0v) is 12.8. The molecule has 0 atom stereocenters. The van der Waals surface area contributed by atoms with Crippen LogP contribution in [0.3, 0.4) is 0 Å². The van der Waals surface area contributed by atoms with Crippen molar-refractivity contribution in [1.29, 1.82) is 0 Å². The zero-order chi connectivity index (χ0) is 15.7. The van der Waals surface area contributed by atoms with Gasteiger partial charge in [0.15, 0.2) is 0 Å². The highest BCUT2D eigenvalue weighted by atomic mass is 32.3. The first-order valence-electron chi connectivity index (χ1n) is 6.39. The van der Waals surface area contributed by atoms with Gasteiger partial charge in [0.2, 0.25) is 0 Å². The van der Waals surface area contributed by atoms with Crippen LogP contribution in [0.4, 0.5) is 22.7 Å². The predicted molar refractivity (Wildman–Crippen MR) is 81.9 cm³/mol. The third-order valence-electron chi connectivity index (χ3n) is 3.20. The maximum absolute atomic E-state index is 11.7. The normalized spacial score (nSPS) is 13.1. The molecule has 0 radical (unpaired) electrons. The van der Waals surface area contributed by atoms with Crippen molar-refractivity contribution in [2.24, 2.45) is 0 Å². The first kappa shape index (κ1) is 14.6. The van der Waals surface area contributed by atoms with Gasteiger partial charge in [-0.1, -0.05) is 18.2 Å². The van der Waals surface area contributed by atoms with Crippen molar-refractivity contribution in [2.45, 2.75) is 0 Å². The molecule has 1 aliphatic rings. The Labute approximate surface area is 128 Å². The molecule has 0 saturated carbocycles. The molecule has 2 aromatic rings. The number of methoxy groups -OCH3 is 1. The van der Waals surface area contributed by atoms with E-state index >= 15 is 0 Å². The summed E-state index contributed by atoms with van der Waals surface area (Å²) in [7, 11) is -1.59. The second-order valence-electron chi connectivity index (χ2n) is 4.44. The largest absolute Gasteiger partial charge is 0.494 e. The van der Waals surface area contributed by atoms with Crippen LogP contribution in [0, 0.1) is 0 Å². The van der Waals surface area contributed by atoms with Gasteiger partial charge >= 0.3 is 10.4 Å². The summed E-state index contributed by atoms with van der Waals surface area (Å²) in [6, 6.07) is 12.4. The lowest BCUT2D eigenvalue weighted by Crippen LogP contribution is -2.27. The number of benzene rings is 2. The fraction of sp³-hybridized carbons (Fsp3) is 0.143. The summed E-state index contributed by atoms with van der Waals surface area (Å²) in [6.45, 7) is 0. The first-order valence-corrected chi connectivity index (χ1v) is 7.72. The Kier molecular flexibility index (Phi) is 3.65. The molecule has 0 aromatic heterocycles. The van der Waals surface area contributed by atoms with Crippen molar-refractivity contribution in [1.82, 2.24) is 0 Å². The predicted octanol–water partition coefficient (Wildman–Crippen LogP) is 2.71. The van der Waals surface area contributed by atoms with Gasteiger partial charge < -0.3 is 10.1 Å². The minimum atomic E-state index is -4.17. The van der Waals surface area contributed by atoms with E-state index < -0.39 is 10.4 Å². The Morgan fingerprint density at radius 2 is 1.73 bits per heavy atom. The van der Waals surface area contributed by atoms with Crippen molar-refractivity contribution in [3.05, 3.63) is 42.5 Å². The van der Waals surface area contributed by atoms with Gasteiger partial charge in [-0.3, -0.25) is 4.18 Å². The van der Waals surface area contributed by atoms with E-state index in [2.05, 4.69) is 9.50 Å². The van der Waals surface area contributed by atoms with Gasteiger partial charge in [-0.05, 0) is 24.3 Å². The highest BCUT2D eigenvalue weighted by molar-refractivity contribution is 7.81. The van der Waals surface area contributed by atoms with Gasteiger partial charge in [-0.2, -0.15) is 13.5 Å². The van der Waals surface area contributed by atoms with E-state index in [0.29, 0.717) is 28.5 Å². The highest BCUT2D eigenvalue weighted by Crippen LogP contribution is 2.47. The second kappa shape index (κ2) is 5.48. The molecule has 22 heavy (non-hydrogen) atoms. The number of nitrogens with one attached hydrogen (secondary N) is 1. The standard InChI is InChI=1S/C14H14N2O5S/c1-19-13-9-5-8-12-14(13)15-10-6-3-4-7-11(10)16(12)21-22(17,18)20-2/h3-9,15H,1-2H3. The average Bonchev–Trinajstić information content (AvgIpc) is 2.54. The van der Waals surface area contributed by atoms with E-state index in [-0.39, 0.29) is 0 Å². The lowest BCUT2D eigenvalue weighted by molar-refractivity contribution is 0.246. The van der Waals surface area contributed by atoms with Crippen LogP contribution in [-0.4, -0.2) is 22.6 Å². The van der Waals surface area contributed by atoms with E-state index in [1.165, 1.54) is 12.2 Å². The van der Waals surface area contributed by atoms with Gasteiger partial charge in [0.1, 0.15) is 11.4 Å². The van der Waals surface area contributed by atoms with Crippen molar-refractivity contribution in [3.8, 4) is 5.75 Å². The summed E-state index contributed by atoms with van der Waals surface area (Å²) in [4.78, 5) is 0. The second-order valence-corrected chi connectivity index (χ2v) is 5.74. The average molecular weight is 322 g/mol. The number of hydrogen-bond acceptors (Lipinski definition) is 7. The molecule has 8 heteroatoms. The monoisotopic (exact) mass is 322 g/mol. The molecule has 3 rings (SSSR count). The summed E-state index contributed by atoms with van der Waals surface area (Å²) in [6.07, 6.45) is 0. The summed E-state index contributed by atoms with van der Waals surface area (Å²) >= 11 is 0. The number of ether oxygens (including phenoxy) is 1. The van der Waals surface area contributed by atoms with E-state index in [1.807, 2.05) is 6.07 Å². The number of nitrogens with zero attached hydrogens (tertiary/aromatic N) is 1. The molecule has 116 valence electrons. The lowest BCUT2D eigenvalue weighted by atomic mass is 10.1. The number of rotatable bonds is 4. The van der Waals surface area contributed by atoms with Crippen molar-refractivity contribution < 1.29 is 21.6 Å². The zero-order valence-electron chi connectivity index (χ0n) is 11.9. The van der Waals surface area contributed by atoms with E-state index in [9.17, 15) is 8.42 Å². The van der Waals surface area contributed by atoms with Gasteiger partial charge in [0, 0.05) is 0 Å². The van der Waals surface area contributed by atoms with E-state index in [1.54, 1.807) is 36.4 Å². The Hall–Kier alpha value is -2.29. The van der Waals surface area contributed by atoms with Gasteiger partial charge in [0.25, 0.3) is 0 Å². The Bertz CT molecular complexity index is 807. The molecule has 1 heterocycles. The third kappa shape index (κ3) is 2.47. The van der Waals surface area contributed by atoms with Crippen LogP contribution in [0.2, 0.25) is 0 Å². The van der Waals surface area contributed by atoms with Crippen molar-refractivity contribution >= 4 is 33.1 Å². The molecule has 0 saturated heterocycles. The van der Waals surface area contributed by atoms with Crippen LogP contribution in [0.1, 0.15) is 0 Å². The van der Waals surface area contributed by atoms with Gasteiger partial charge in [-0.25, -0.2) is 0 Å². The Balaban J connectivity index is 2.17. The highest BCUT2D eigenvalue weighted by Gasteiger charge is 2.29. The molecule has 1 aliphatic heterocycles. The van der Waals surface area contributed by atoms with Crippen molar-refractivity contribution in [3.63, 3.8) is 0 Å². The molecule has 0 bridgehead atoms. The molecular formula is C14H14N2O5S. The lowest BCUT2D eigenvalue weighted by Gasteiger charge is -2.31. The van der Waals surface area contributed by atoms with Crippen LogP contribution in [0.25, 0.3) is 0 Å². The van der Waals surface area contributed by atoms with Crippen molar-refractivity contribution in [2.75, 3.05) is 24.6 Å². The Morgan fingerprint density at radius 1 is 1.00 bits per heavy atom. The maximum atomic E-state index is 11.7. The summed E-state index contributed by atoms with van der Waals surface area (Å²) in [5.74, 6) is 0.565. The van der Waals surface area contributed by atoms with Gasteiger partial charge in [-0.15, -0.1) is 4.28 Å². The molecule has 1 N–H and O–H groups in total. The van der Waals surface area contributed by atoms with Crippen LogP contribution in [-0.2, 0) is 18.9 Å². The molecule has 0 fully saturated rings. The minimum absolute atomic E-state index is 0.499. The van der Waals surface area contributed by atoms with Gasteiger partial charge in [0.05, 0.1) is 31.3 Å². The van der Waals surface area contributed by atoms with Crippen LogP contribution in [0.5, 0.6) is 5.75 Å². The molecule has 0 amide bonds. The molecule has 0 aliphatic carbocycles. The number of hydrogen-bond donors (Lipinski definition) is 1. The SMILES string of the molecule is COc1cccc2c1Nc1ccccc1N2OS(=O)(=O)OC. The smallest absolute Gasteiger partial charge is 0.421 e. The molecule has 0 spiro atoms. The van der Waals surface area contributed by atoms with Crippen LogP contribution in [0.15, 0.2) is 42.5 Å². The summed E-state index contributed by atoms with van der Waals surface area (Å²) in [5, 5.41) is 4.41. The fourth-order valence-corrected chi connectivity index (χ4v) is 2.61. The fourth-order valence-electron chi connectivity index (χ4n) is 2.21. The van der Waals surface area contributed by atoms with Crippen LogP contribution < -0.4 is 15.1 Å². The number of fused-ring (bicyclic) bond motifs is 2. The number of anilines is 4.